The van der Waals surface area contributed by atoms with Gasteiger partial charge in [0.25, 0.3) is 0 Å². The number of imidazole rings is 1. The number of nitrogens with zero attached hydrogens (tertiary/aromatic N) is 7. The molecule has 1 atom stereocenters. The van der Waals surface area contributed by atoms with Crippen LogP contribution in [0, 0.1) is 5.92 Å². The molecule has 1 unspecified atom stereocenters. The van der Waals surface area contributed by atoms with Crippen molar-refractivity contribution in [3.05, 3.63) is 60.4 Å². The smallest absolute Gasteiger partial charge is 0.137 e. The molecule has 1 fully saturated rings. The molecule has 1 aliphatic heterocycles. The van der Waals surface area contributed by atoms with Crippen molar-refractivity contribution in [2.75, 3.05) is 18.0 Å². The van der Waals surface area contributed by atoms with E-state index in [9.17, 15) is 0 Å². The minimum absolute atomic E-state index is 0.513. The van der Waals surface area contributed by atoms with Gasteiger partial charge in [0.15, 0.2) is 0 Å². The highest BCUT2D eigenvalue weighted by atomic mass is 15.4. The Morgan fingerprint density at radius 2 is 2.10 bits per heavy atom. The zero-order valence-electron chi connectivity index (χ0n) is 16.4. The first-order valence-corrected chi connectivity index (χ1v) is 9.95. The first-order chi connectivity index (χ1) is 14.2. The van der Waals surface area contributed by atoms with Crippen molar-refractivity contribution in [2.24, 2.45) is 11.7 Å². The van der Waals surface area contributed by atoms with E-state index >= 15 is 0 Å². The highest BCUT2D eigenvalue weighted by Gasteiger charge is 2.19. The Bertz CT molecular complexity index is 1140. The summed E-state index contributed by atoms with van der Waals surface area (Å²) in [4.78, 5) is 11.5. The monoisotopic (exact) mass is 388 g/mol. The van der Waals surface area contributed by atoms with Crippen molar-refractivity contribution < 1.29 is 0 Å². The second-order valence-electron chi connectivity index (χ2n) is 7.81. The van der Waals surface area contributed by atoms with Crippen LogP contribution in [-0.4, -0.2) is 42.5 Å². The van der Waals surface area contributed by atoms with E-state index in [1.807, 2.05) is 52.2 Å². The third-order valence-corrected chi connectivity index (χ3v) is 5.47. The molecule has 5 rings (SSSR count). The molecule has 0 bridgehead atoms. The number of nitrogens with two attached hydrogens (primary N) is 1. The van der Waals surface area contributed by atoms with Gasteiger partial charge in [-0.15, -0.1) is 5.10 Å². The molecule has 8 nitrogen and oxygen atoms in total. The summed E-state index contributed by atoms with van der Waals surface area (Å²) in [5.41, 5.74) is 11.6. The normalized spacial score (nSPS) is 16.8. The number of hydrogen-bond acceptors (Lipinski definition) is 6. The van der Waals surface area contributed by atoms with Gasteiger partial charge in [0, 0.05) is 43.8 Å². The zero-order valence-corrected chi connectivity index (χ0v) is 16.4. The van der Waals surface area contributed by atoms with E-state index in [2.05, 4.69) is 38.2 Å². The quantitative estimate of drug-likeness (QED) is 0.564. The molecule has 0 saturated carbocycles. The van der Waals surface area contributed by atoms with Crippen molar-refractivity contribution in [1.82, 2.24) is 29.4 Å². The van der Waals surface area contributed by atoms with Crippen LogP contribution in [0.3, 0.4) is 0 Å². The third kappa shape index (κ3) is 3.58. The van der Waals surface area contributed by atoms with Gasteiger partial charge in [-0.05, 0) is 30.0 Å². The Kier molecular flexibility index (Phi) is 4.48. The fourth-order valence-corrected chi connectivity index (χ4v) is 3.87. The summed E-state index contributed by atoms with van der Waals surface area (Å²) >= 11 is 0. The molecule has 0 aromatic carbocycles. The number of fused-ring (bicyclic) bond motifs is 1. The summed E-state index contributed by atoms with van der Waals surface area (Å²) in [6, 6.07) is 6.13. The second kappa shape index (κ2) is 7.29. The molecule has 4 aromatic rings. The van der Waals surface area contributed by atoms with Crippen LogP contribution in [-0.2, 0) is 13.1 Å². The van der Waals surface area contributed by atoms with Crippen LogP contribution in [0.4, 0.5) is 5.69 Å². The van der Waals surface area contributed by atoms with Gasteiger partial charge in [-0.25, -0.2) is 9.67 Å². The first-order valence-electron chi connectivity index (χ1n) is 9.95. The number of hydrogen-bond donors (Lipinski definition) is 1. The van der Waals surface area contributed by atoms with Crippen LogP contribution in [0.1, 0.15) is 24.6 Å². The van der Waals surface area contributed by atoms with E-state index in [-0.39, 0.29) is 0 Å². The Morgan fingerprint density at radius 3 is 2.93 bits per heavy atom. The van der Waals surface area contributed by atoms with Gasteiger partial charge in [-0.2, -0.15) is 0 Å². The highest BCUT2D eigenvalue weighted by Crippen LogP contribution is 2.26. The number of rotatable bonds is 5. The SMILES string of the molecule is CC1CCN(c2cncc(-c3cn(Cc4cn5cc(CN)ccc5n4)nn3)c2)C1. The van der Waals surface area contributed by atoms with Gasteiger partial charge in [0.05, 0.1) is 30.3 Å². The molecule has 1 saturated heterocycles. The molecule has 0 amide bonds. The molecular weight excluding hydrogens is 364 g/mol. The molecule has 0 spiro atoms. The molecule has 2 N–H and O–H groups in total. The van der Waals surface area contributed by atoms with E-state index in [1.54, 1.807) is 0 Å². The van der Waals surface area contributed by atoms with Crippen molar-refractivity contribution in [1.29, 1.82) is 0 Å². The number of anilines is 1. The third-order valence-electron chi connectivity index (χ3n) is 5.47. The minimum Gasteiger partial charge on any atom is -0.370 e. The Balaban J connectivity index is 1.36. The van der Waals surface area contributed by atoms with Gasteiger partial charge in [-0.3, -0.25) is 4.98 Å². The maximum Gasteiger partial charge on any atom is 0.137 e. The van der Waals surface area contributed by atoms with Gasteiger partial charge < -0.3 is 15.0 Å². The fraction of sp³-hybridized carbons (Fsp3) is 0.333. The Hall–Kier alpha value is -3.26. The van der Waals surface area contributed by atoms with E-state index in [4.69, 9.17) is 5.73 Å². The van der Waals surface area contributed by atoms with Crippen LogP contribution < -0.4 is 10.6 Å². The molecule has 0 radical (unpaired) electrons. The average Bonchev–Trinajstić information content (AvgIpc) is 3.47. The minimum atomic E-state index is 0.513. The molecule has 148 valence electrons. The van der Waals surface area contributed by atoms with Crippen molar-refractivity contribution in [3.8, 4) is 11.3 Å². The summed E-state index contributed by atoms with van der Waals surface area (Å²) in [5, 5.41) is 8.64. The topological polar surface area (TPSA) is 90.2 Å². The Morgan fingerprint density at radius 1 is 1.17 bits per heavy atom. The van der Waals surface area contributed by atoms with Gasteiger partial charge in [0.2, 0.25) is 0 Å². The molecule has 8 heteroatoms. The molecule has 0 aliphatic carbocycles. The van der Waals surface area contributed by atoms with Crippen LogP contribution in [0.2, 0.25) is 0 Å². The first kappa shape index (κ1) is 17.8. The second-order valence-corrected chi connectivity index (χ2v) is 7.81. The fourth-order valence-electron chi connectivity index (χ4n) is 3.87. The lowest BCUT2D eigenvalue weighted by Crippen LogP contribution is -2.19. The zero-order chi connectivity index (χ0) is 19.8. The molecular formula is C21H24N8. The van der Waals surface area contributed by atoms with E-state index in [1.165, 1.54) is 6.42 Å². The molecule has 29 heavy (non-hydrogen) atoms. The standard InChI is InChI=1S/C21H24N8/c1-15-4-5-27(10-15)19-6-17(8-23-9-19)20-14-29(26-25-20)13-18-12-28-11-16(7-22)2-3-21(28)24-18/h2-3,6,8-9,11-12,14-15H,4-5,7,10,13,22H2,1H3. The van der Waals surface area contributed by atoms with Crippen LogP contribution >= 0.6 is 0 Å². The predicted molar refractivity (Wildman–Crippen MR) is 111 cm³/mol. The Labute approximate surface area is 169 Å². The molecule has 4 aromatic heterocycles. The van der Waals surface area contributed by atoms with Crippen LogP contribution in [0.15, 0.2) is 49.2 Å². The lowest BCUT2D eigenvalue weighted by molar-refractivity contribution is 0.641. The van der Waals surface area contributed by atoms with Crippen molar-refractivity contribution >= 4 is 11.3 Å². The van der Waals surface area contributed by atoms with E-state index in [0.717, 1.165) is 52.9 Å². The number of aromatic nitrogens is 6. The lowest BCUT2D eigenvalue weighted by atomic mass is 10.2. The van der Waals surface area contributed by atoms with Gasteiger partial charge in [-0.1, -0.05) is 18.2 Å². The van der Waals surface area contributed by atoms with E-state index in [0.29, 0.717) is 13.1 Å². The van der Waals surface area contributed by atoms with Crippen molar-refractivity contribution in [3.63, 3.8) is 0 Å². The van der Waals surface area contributed by atoms with Gasteiger partial charge in [0.1, 0.15) is 11.3 Å². The molecule has 1 aliphatic rings. The summed E-state index contributed by atoms with van der Waals surface area (Å²) < 4.78 is 3.81. The maximum absolute atomic E-state index is 5.72. The van der Waals surface area contributed by atoms with Crippen LogP contribution in [0.25, 0.3) is 16.9 Å². The summed E-state index contributed by atoms with van der Waals surface area (Å²) in [6.07, 6.45) is 11.0. The lowest BCUT2D eigenvalue weighted by Gasteiger charge is -2.18. The summed E-state index contributed by atoms with van der Waals surface area (Å²) in [7, 11) is 0. The number of pyridine rings is 2. The molecule has 5 heterocycles. The summed E-state index contributed by atoms with van der Waals surface area (Å²) in [6.45, 7) is 5.53. The highest BCUT2D eigenvalue weighted by molar-refractivity contribution is 5.63. The predicted octanol–water partition coefficient (Wildman–Crippen LogP) is 2.34. The van der Waals surface area contributed by atoms with E-state index < -0.39 is 0 Å². The van der Waals surface area contributed by atoms with Crippen LogP contribution in [0.5, 0.6) is 0 Å². The average molecular weight is 388 g/mol. The largest absolute Gasteiger partial charge is 0.370 e. The maximum atomic E-state index is 5.72. The van der Waals surface area contributed by atoms with Gasteiger partial charge >= 0.3 is 0 Å². The summed E-state index contributed by atoms with van der Waals surface area (Å²) in [5.74, 6) is 0.728. The van der Waals surface area contributed by atoms with Crippen molar-refractivity contribution in [2.45, 2.75) is 26.4 Å².